The lowest BCUT2D eigenvalue weighted by molar-refractivity contribution is -0.192. The van der Waals surface area contributed by atoms with Gasteiger partial charge in [0, 0.05) is 12.1 Å². The molecule has 20 heavy (non-hydrogen) atoms. The van der Waals surface area contributed by atoms with Crippen LogP contribution < -0.4 is 5.73 Å². The van der Waals surface area contributed by atoms with Crippen LogP contribution in [-0.4, -0.2) is 27.4 Å². The molecule has 0 aliphatic carbocycles. The number of carboxylic acid groups (broad SMARTS) is 1. The maximum absolute atomic E-state index is 10.6. The fraction of sp³-hybridized carbons (Fsp3) is 0.182. The molecule has 3 N–H and O–H groups in total. The number of aromatic nitrogens is 2. The van der Waals surface area contributed by atoms with Crippen molar-refractivity contribution in [2.24, 2.45) is 5.73 Å². The highest BCUT2D eigenvalue weighted by atomic mass is 19.4. The van der Waals surface area contributed by atoms with Crippen molar-refractivity contribution in [3.8, 4) is 11.5 Å². The van der Waals surface area contributed by atoms with E-state index in [9.17, 15) is 13.2 Å². The van der Waals surface area contributed by atoms with Crippen molar-refractivity contribution >= 4 is 5.97 Å². The van der Waals surface area contributed by atoms with Crippen LogP contribution in [0, 0.1) is 0 Å². The summed E-state index contributed by atoms with van der Waals surface area (Å²) in [5, 5.41) is 14.5. The minimum atomic E-state index is -5.08. The van der Waals surface area contributed by atoms with E-state index in [0.29, 0.717) is 12.4 Å². The van der Waals surface area contributed by atoms with E-state index < -0.39 is 12.1 Å². The van der Waals surface area contributed by atoms with Crippen molar-refractivity contribution in [3.05, 3.63) is 36.2 Å². The average molecular weight is 289 g/mol. The van der Waals surface area contributed by atoms with Gasteiger partial charge in [-0.15, -0.1) is 10.2 Å². The number of benzene rings is 1. The molecule has 1 aromatic carbocycles. The molecule has 0 amide bonds. The predicted octanol–water partition coefficient (Wildman–Crippen LogP) is 1.83. The third-order valence-electron chi connectivity index (χ3n) is 2.04. The zero-order chi connectivity index (χ0) is 15.2. The van der Waals surface area contributed by atoms with E-state index in [1.165, 1.54) is 6.39 Å². The number of rotatable bonds is 2. The van der Waals surface area contributed by atoms with Crippen LogP contribution in [0.3, 0.4) is 0 Å². The molecule has 0 aliphatic rings. The van der Waals surface area contributed by atoms with Gasteiger partial charge in [0.1, 0.15) is 0 Å². The number of aliphatic carboxylic acids is 1. The number of hydrogen-bond donors (Lipinski definition) is 2. The van der Waals surface area contributed by atoms with Gasteiger partial charge in [0.25, 0.3) is 0 Å². The Bertz CT molecular complexity index is 538. The summed E-state index contributed by atoms with van der Waals surface area (Å²) in [5.41, 5.74) is 7.47. The van der Waals surface area contributed by atoms with E-state index in [2.05, 4.69) is 10.2 Å². The Kier molecular flexibility index (Phi) is 5.21. The molecule has 0 bridgehead atoms. The van der Waals surface area contributed by atoms with Crippen molar-refractivity contribution in [1.82, 2.24) is 10.2 Å². The molecule has 9 heteroatoms. The number of alkyl halides is 3. The van der Waals surface area contributed by atoms with Gasteiger partial charge in [0.15, 0.2) is 0 Å². The second-order valence-corrected chi connectivity index (χ2v) is 3.45. The topological polar surface area (TPSA) is 102 Å². The number of carboxylic acids is 1. The van der Waals surface area contributed by atoms with Crippen LogP contribution in [0.4, 0.5) is 13.2 Å². The molecule has 2 aromatic rings. The van der Waals surface area contributed by atoms with E-state index in [4.69, 9.17) is 20.1 Å². The van der Waals surface area contributed by atoms with Crippen LogP contribution in [0.15, 0.2) is 35.1 Å². The van der Waals surface area contributed by atoms with Crippen molar-refractivity contribution < 1.29 is 27.5 Å². The van der Waals surface area contributed by atoms with Gasteiger partial charge in [0.05, 0.1) is 0 Å². The zero-order valence-corrected chi connectivity index (χ0v) is 9.96. The molecule has 108 valence electrons. The van der Waals surface area contributed by atoms with Gasteiger partial charge < -0.3 is 15.3 Å². The molecule has 1 aromatic heterocycles. The van der Waals surface area contributed by atoms with Gasteiger partial charge in [0.2, 0.25) is 12.3 Å². The first-order valence-corrected chi connectivity index (χ1v) is 5.20. The van der Waals surface area contributed by atoms with Crippen LogP contribution in [0.5, 0.6) is 0 Å². The fourth-order valence-corrected chi connectivity index (χ4v) is 1.08. The summed E-state index contributed by atoms with van der Waals surface area (Å²) >= 11 is 0. The zero-order valence-electron chi connectivity index (χ0n) is 9.96. The van der Waals surface area contributed by atoms with Gasteiger partial charge in [-0.05, 0) is 17.7 Å². The molecule has 0 radical (unpaired) electrons. The molecule has 6 nitrogen and oxygen atoms in total. The van der Waals surface area contributed by atoms with Crippen LogP contribution in [0.2, 0.25) is 0 Å². The Hall–Kier alpha value is -2.42. The summed E-state index contributed by atoms with van der Waals surface area (Å²) in [5.74, 6) is -2.23. The number of halogens is 3. The number of nitrogens with two attached hydrogens (primary N) is 1. The Morgan fingerprint density at radius 2 is 1.85 bits per heavy atom. The summed E-state index contributed by atoms with van der Waals surface area (Å²) in [6, 6.07) is 7.71. The van der Waals surface area contributed by atoms with E-state index in [1.54, 1.807) is 0 Å². The molecule has 0 aliphatic heterocycles. The minimum Gasteiger partial charge on any atom is -0.475 e. The highest BCUT2D eigenvalue weighted by molar-refractivity contribution is 5.73. The van der Waals surface area contributed by atoms with Crippen molar-refractivity contribution in [3.63, 3.8) is 0 Å². The largest absolute Gasteiger partial charge is 0.490 e. The number of hydrogen-bond acceptors (Lipinski definition) is 5. The normalized spacial score (nSPS) is 10.6. The summed E-state index contributed by atoms with van der Waals surface area (Å²) in [7, 11) is 0. The first-order chi connectivity index (χ1) is 9.34. The third-order valence-corrected chi connectivity index (χ3v) is 2.04. The smallest absolute Gasteiger partial charge is 0.475 e. The first kappa shape index (κ1) is 15.6. The second-order valence-electron chi connectivity index (χ2n) is 3.45. The Morgan fingerprint density at radius 3 is 2.20 bits per heavy atom. The van der Waals surface area contributed by atoms with Crippen molar-refractivity contribution in [2.45, 2.75) is 12.7 Å². The molecule has 0 fully saturated rings. The lowest BCUT2D eigenvalue weighted by atomic mass is 10.1. The summed E-state index contributed by atoms with van der Waals surface area (Å²) in [6.45, 7) is 0.546. The van der Waals surface area contributed by atoms with Crippen molar-refractivity contribution in [1.29, 1.82) is 0 Å². The van der Waals surface area contributed by atoms with Gasteiger partial charge in [-0.25, -0.2) is 4.79 Å². The highest BCUT2D eigenvalue weighted by Gasteiger charge is 2.38. The quantitative estimate of drug-likeness (QED) is 0.874. The SMILES string of the molecule is NCc1ccc(-c2nnco2)cc1.O=C(O)C(F)(F)F. The minimum absolute atomic E-state index is 0.531. The van der Waals surface area contributed by atoms with E-state index >= 15 is 0 Å². The third kappa shape index (κ3) is 4.69. The molecule has 2 rings (SSSR count). The maximum atomic E-state index is 10.6. The predicted molar refractivity (Wildman–Crippen MR) is 61.3 cm³/mol. The van der Waals surface area contributed by atoms with E-state index in [0.717, 1.165) is 11.1 Å². The summed E-state index contributed by atoms with van der Waals surface area (Å²) in [6.07, 6.45) is -3.77. The van der Waals surface area contributed by atoms with E-state index in [-0.39, 0.29) is 0 Å². The number of carbonyl (C=O) groups is 1. The fourth-order valence-electron chi connectivity index (χ4n) is 1.08. The maximum Gasteiger partial charge on any atom is 0.490 e. The molecule has 0 saturated heterocycles. The summed E-state index contributed by atoms with van der Waals surface area (Å²) < 4.78 is 36.8. The molecule has 0 unspecified atom stereocenters. The second kappa shape index (κ2) is 6.66. The lowest BCUT2D eigenvalue weighted by Gasteiger charge is -1.96. The molecular formula is C11H10F3N3O3. The molecular weight excluding hydrogens is 279 g/mol. The van der Waals surface area contributed by atoms with Crippen LogP contribution in [0.1, 0.15) is 5.56 Å². The van der Waals surface area contributed by atoms with Gasteiger partial charge >= 0.3 is 12.1 Å². The molecule has 0 saturated carbocycles. The van der Waals surface area contributed by atoms with Crippen LogP contribution in [-0.2, 0) is 11.3 Å². The molecule has 0 spiro atoms. The van der Waals surface area contributed by atoms with Gasteiger partial charge in [-0.3, -0.25) is 0 Å². The summed E-state index contributed by atoms with van der Waals surface area (Å²) in [4.78, 5) is 8.90. The van der Waals surface area contributed by atoms with Crippen LogP contribution in [0.25, 0.3) is 11.5 Å². The monoisotopic (exact) mass is 289 g/mol. The van der Waals surface area contributed by atoms with Crippen LogP contribution >= 0.6 is 0 Å². The highest BCUT2D eigenvalue weighted by Crippen LogP contribution is 2.16. The molecule has 0 atom stereocenters. The molecule has 1 heterocycles. The Balaban J connectivity index is 0.000000246. The number of nitrogens with zero attached hydrogens (tertiary/aromatic N) is 2. The van der Waals surface area contributed by atoms with E-state index in [1.807, 2.05) is 24.3 Å². The first-order valence-electron chi connectivity index (χ1n) is 5.20. The van der Waals surface area contributed by atoms with Crippen molar-refractivity contribution in [2.75, 3.05) is 0 Å². The Labute approximate surface area is 111 Å². The Morgan fingerprint density at radius 1 is 1.30 bits per heavy atom. The van der Waals surface area contributed by atoms with Gasteiger partial charge in [-0.2, -0.15) is 13.2 Å². The average Bonchev–Trinajstić information content (AvgIpc) is 2.92. The van der Waals surface area contributed by atoms with Gasteiger partial charge in [-0.1, -0.05) is 12.1 Å². The standard InChI is InChI=1S/C9H9N3O.C2HF3O2/c10-5-7-1-3-8(4-2-7)9-12-11-6-13-9;3-2(4,5)1(6)7/h1-4,6H,5,10H2;(H,6,7). The lowest BCUT2D eigenvalue weighted by Crippen LogP contribution is -2.21.